The fourth-order valence-electron chi connectivity index (χ4n) is 2.82. The van der Waals surface area contributed by atoms with Gasteiger partial charge in [0.2, 0.25) is 0 Å². The molecule has 0 spiro atoms. The predicted molar refractivity (Wildman–Crippen MR) is 78.6 cm³/mol. The first-order chi connectivity index (χ1) is 9.56. The van der Waals surface area contributed by atoms with Crippen LogP contribution in [0.1, 0.15) is 18.4 Å². The van der Waals surface area contributed by atoms with E-state index >= 15 is 0 Å². The molecule has 104 valence electrons. The maximum absolute atomic E-state index is 12.1. The first-order valence-corrected chi connectivity index (χ1v) is 8.41. The van der Waals surface area contributed by atoms with Gasteiger partial charge in [-0.1, -0.05) is 0 Å². The number of nitrogen functional groups attached to an aromatic ring is 1. The Hall–Kier alpha value is -1.82. The third kappa shape index (κ3) is 1.67. The molecule has 4 rings (SSSR count). The van der Waals surface area contributed by atoms with Crippen molar-refractivity contribution in [2.45, 2.75) is 30.2 Å². The first kappa shape index (κ1) is 12.0. The molecule has 2 aromatic rings. The van der Waals surface area contributed by atoms with E-state index in [-0.39, 0.29) is 5.75 Å². The minimum Gasteiger partial charge on any atom is -0.396 e. The van der Waals surface area contributed by atoms with Crippen LogP contribution >= 0.6 is 0 Å². The van der Waals surface area contributed by atoms with Crippen LogP contribution in [0.3, 0.4) is 0 Å². The van der Waals surface area contributed by atoms with Crippen molar-refractivity contribution in [1.82, 2.24) is 4.98 Å². The average molecular weight is 289 g/mol. The minimum atomic E-state index is -3.14. The van der Waals surface area contributed by atoms with Crippen molar-refractivity contribution in [3.05, 3.63) is 23.9 Å². The van der Waals surface area contributed by atoms with Crippen molar-refractivity contribution in [2.24, 2.45) is 0 Å². The van der Waals surface area contributed by atoms with Crippen LogP contribution < -0.4 is 11.1 Å². The lowest BCUT2D eigenvalue weighted by atomic mass is 10.0. The van der Waals surface area contributed by atoms with Crippen molar-refractivity contribution in [1.29, 1.82) is 0 Å². The number of nitrogens with one attached hydrogen (secondary N) is 1. The van der Waals surface area contributed by atoms with Crippen LogP contribution in [-0.2, 0) is 16.3 Å². The summed E-state index contributed by atoms with van der Waals surface area (Å²) in [6.07, 6.45) is 4.45. The molecule has 0 unspecified atom stereocenters. The Morgan fingerprint density at radius 3 is 2.85 bits per heavy atom. The summed E-state index contributed by atoms with van der Waals surface area (Å²) < 4.78 is 24.1. The summed E-state index contributed by atoms with van der Waals surface area (Å²) in [6.45, 7) is 0. The van der Waals surface area contributed by atoms with Gasteiger partial charge in [-0.2, -0.15) is 0 Å². The van der Waals surface area contributed by atoms with E-state index in [1.54, 1.807) is 18.3 Å². The number of rotatable bonds is 2. The van der Waals surface area contributed by atoms with Crippen LogP contribution in [-0.4, -0.2) is 25.2 Å². The smallest absolute Gasteiger partial charge is 0.179 e. The molecule has 20 heavy (non-hydrogen) atoms. The second-order valence-electron chi connectivity index (χ2n) is 5.51. The fraction of sp³-hybridized carbons (Fsp3) is 0.357. The van der Waals surface area contributed by atoms with Gasteiger partial charge in [-0.3, -0.25) is 4.98 Å². The molecule has 3 N–H and O–H groups in total. The monoisotopic (exact) mass is 289 g/mol. The van der Waals surface area contributed by atoms with Crippen LogP contribution in [0.25, 0.3) is 10.9 Å². The highest BCUT2D eigenvalue weighted by Gasteiger charge is 2.30. The van der Waals surface area contributed by atoms with E-state index in [1.165, 1.54) is 0 Å². The molecular weight excluding hydrogens is 274 g/mol. The summed E-state index contributed by atoms with van der Waals surface area (Å²) in [6, 6.07) is 3.90. The van der Waals surface area contributed by atoms with Gasteiger partial charge < -0.3 is 11.1 Å². The van der Waals surface area contributed by atoms with Gasteiger partial charge in [0, 0.05) is 11.4 Å². The number of sulfone groups is 1. The fourth-order valence-corrected chi connectivity index (χ4v) is 4.37. The molecule has 0 radical (unpaired) electrons. The topological polar surface area (TPSA) is 85.1 Å². The number of pyridine rings is 1. The Bertz CT molecular complexity index is 826. The molecule has 2 heterocycles. The second-order valence-corrected chi connectivity index (χ2v) is 7.59. The number of benzene rings is 1. The summed E-state index contributed by atoms with van der Waals surface area (Å²) in [5, 5.41) is 4.31. The van der Waals surface area contributed by atoms with Crippen LogP contribution in [0.2, 0.25) is 0 Å². The maximum atomic E-state index is 12.1. The Labute approximate surface area is 117 Å². The first-order valence-electron chi connectivity index (χ1n) is 6.75. The van der Waals surface area contributed by atoms with Crippen molar-refractivity contribution < 1.29 is 8.42 Å². The van der Waals surface area contributed by atoms with E-state index in [0.717, 1.165) is 35.0 Å². The highest BCUT2D eigenvalue weighted by atomic mass is 32.2. The summed E-state index contributed by atoms with van der Waals surface area (Å²) in [5.41, 5.74) is 9.16. The summed E-state index contributed by atoms with van der Waals surface area (Å²) in [5.74, 6) is 0.180. The molecule has 0 amide bonds. The zero-order chi connectivity index (χ0) is 13.9. The van der Waals surface area contributed by atoms with Crippen molar-refractivity contribution in [3.8, 4) is 0 Å². The molecule has 2 aliphatic rings. The van der Waals surface area contributed by atoms with E-state index in [0.29, 0.717) is 23.0 Å². The van der Waals surface area contributed by atoms with Gasteiger partial charge in [0.05, 0.1) is 33.7 Å². The Kier molecular flexibility index (Phi) is 2.30. The molecule has 0 bridgehead atoms. The van der Waals surface area contributed by atoms with Gasteiger partial charge in [-0.25, -0.2) is 8.42 Å². The lowest BCUT2D eigenvalue weighted by Crippen LogP contribution is -2.06. The van der Waals surface area contributed by atoms with Crippen LogP contribution in [0.5, 0.6) is 0 Å². The molecule has 1 aromatic carbocycles. The van der Waals surface area contributed by atoms with E-state index in [9.17, 15) is 8.42 Å². The quantitative estimate of drug-likeness (QED) is 0.879. The van der Waals surface area contributed by atoms with Crippen molar-refractivity contribution in [2.75, 3.05) is 16.8 Å². The van der Waals surface area contributed by atoms with Gasteiger partial charge in [-0.15, -0.1) is 0 Å². The minimum absolute atomic E-state index is 0.180. The van der Waals surface area contributed by atoms with E-state index in [4.69, 9.17) is 5.73 Å². The number of anilines is 2. The molecular formula is C14H15N3O2S. The van der Waals surface area contributed by atoms with Crippen LogP contribution in [0.4, 0.5) is 11.4 Å². The van der Waals surface area contributed by atoms with Gasteiger partial charge in [-0.05, 0) is 37.0 Å². The third-order valence-corrected chi connectivity index (χ3v) is 5.81. The molecule has 5 nitrogen and oxygen atoms in total. The van der Waals surface area contributed by atoms with Crippen molar-refractivity contribution in [3.63, 3.8) is 0 Å². The standard InChI is InChI=1S/C14H15N3O2S/c15-10-7-16-11-3-4-12-9(5-6-20(12,18)19)13(11)14(10)17-8-1-2-8/h3-4,7-8H,1-2,5-6,15H2,(H,16,17). The zero-order valence-electron chi connectivity index (χ0n) is 10.9. The highest BCUT2D eigenvalue weighted by molar-refractivity contribution is 7.91. The summed E-state index contributed by atoms with van der Waals surface area (Å²) in [4.78, 5) is 4.78. The predicted octanol–water partition coefficient (Wildman–Crippen LogP) is 1.72. The largest absolute Gasteiger partial charge is 0.396 e. The molecule has 6 heteroatoms. The van der Waals surface area contributed by atoms with E-state index in [1.807, 2.05) is 0 Å². The highest BCUT2D eigenvalue weighted by Crippen LogP contribution is 2.39. The third-order valence-electron chi connectivity index (χ3n) is 4.01. The number of aryl methyl sites for hydroxylation is 1. The number of hydrogen-bond acceptors (Lipinski definition) is 5. The molecule has 1 fully saturated rings. The van der Waals surface area contributed by atoms with Crippen LogP contribution in [0.15, 0.2) is 23.2 Å². The van der Waals surface area contributed by atoms with E-state index in [2.05, 4.69) is 10.3 Å². The molecule has 1 aliphatic heterocycles. The van der Waals surface area contributed by atoms with Gasteiger partial charge in [0.25, 0.3) is 0 Å². The number of fused-ring (bicyclic) bond motifs is 3. The molecule has 0 atom stereocenters. The Morgan fingerprint density at radius 1 is 1.30 bits per heavy atom. The number of nitrogens with two attached hydrogens (primary N) is 1. The molecule has 1 saturated carbocycles. The lowest BCUT2D eigenvalue weighted by molar-refractivity contribution is 0.600. The van der Waals surface area contributed by atoms with Gasteiger partial charge in [0.15, 0.2) is 9.84 Å². The summed E-state index contributed by atoms with van der Waals surface area (Å²) >= 11 is 0. The number of nitrogens with zero attached hydrogens (tertiary/aromatic N) is 1. The van der Waals surface area contributed by atoms with Crippen molar-refractivity contribution >= 4 is 32.1 Å². The number of hydrogen-bond donors (Lipinski definition) is 2. The molecule has 1 aromatic heterocycles. The van der Waals surface area contributed by atoms with Gasteiger partial charge in [0.1, 0.15) is 0 Å². The number of aromatic nitrogens is 1. The molecule has 0 saturated heterocycles. The average Bonchev–Trinajstić information content (AvgIpc) is 3.17. The second kappa shape index (κ2) is 3.85. The summed E-state index contributed by atoms with van der Waals surface area (Å²) in [7, 11) is -3.14. The van der Waals surface area contributed by atoms with E-state index < -0.39 is 9.84 Å². The van der Waals surface area contributed by atoms with Gasteiger partial charge >= 0.3 is 0 Å². The zero-order valence-corrected chi connectivity index (χ0v) is 11.7. The van der Waals surface area contributed by atoms with Crippen LogP contribution in [0, 0.1) is 0 Å². The molecule has 1 aliphatic carbocycles. The SMILES string of the molecule is Nc1cnc2ccc3c(c2c1NC1CC1)CCS3(=O)=O. The lowest BCUT2D eigenvalue weighted by Gasteiger charge is -2.14. The normalized spacial score (nSPS) is 20.0. The maximum Gasteiger partial charge on any atom is 0.179 e. The Morgan fingerprint density at radius 2 is 2.10 bits per heavy atom. The Balaban J connectivity index is 2.05.